The highest BCUT2D eigenvalue weighted by molar-refractivity contribution is 7.89. The van der Waals surface area contributed by atoms with E-state index >= 15 is 0 Å². The number of benzene rings is 1. The van der Waals surface area contributed by atoms with Gasteiger partial charge in [0.2, 0.25) is 10.0 Å². The van der Waals surface area contributed by atoms with Crippen molar-refractivity contribution in [1.29, 1.82) is 0 Å². The molecular weight excluding hydrogens is 286 g/mol. The summed E-state index contributed by atoms with van der Waals surface area (Å²) in [6.45, 7) is 4.52. The third-order valence-electron chi connectivity index (χ3n) is 4.35. The Balaban J connectivity index is 2.14. The topological polar surface area (TPSA) is 66.4 Å². The number of aryl methyl sites for hydroxylation is 1. The summed E-state index contributed by atoms with van der Waals surface area (Å²) in [5, 5.41) is 9.21. The van der Waals surface area contributed by atoms with E-state index in [4.69, 9.17) is 0 Å². The highest BCUT2D eigenvalue weighted by Gasteiger charge is 2.24. The first-order valence-corrected chi connectivity index (χ1v) is 9.17. The van der Waals surface area contributed by atoms with Crippen molar-refractivity contribution >= 4 is 10.0 Å². The second kappa shape index (κ2) is 6.90. The molecule has 1 aromatic carbocycles. The summed E-state index contributed by atoms with van der Waals surface area (Å²) in [7, 11) is -3.50. The van der Waals surface area contributed by atoms with E-state index in [-0.39, 0.29) is 6.61 Å². The van der Waals surface area contributed by atoms with E-state index in [0.717, 1.165) is 18.4 Å². The molecule has 1 fully saturated rings. The zero-order valence-electron chi connectivity index (χ0n) is 12.8. The predicted octanol–water partition coefficient (Wildman–Crippen LogP) is 2.46. The number of nitrogens with one attached hydrogen (secondary N) is 1. The van der Waals surface area contributed by atoms with Crippen LogP contribution in [0.3, 0.4) is 0 Å². The Morgan fingerprint density at radius 1 is 1.33 bits per heavy atom. The molecule has 0 heterocycles. The van der Waals surface area contributed by atoms with Crippen molar-refractivity contribution in [1.82, 2.24) is 4.72 Å². The second-order valence-electron chi connectivity index (χ2n) is 6.09. The number of sulfonamides is 1. The van der Waals surface area contributed by atoms with Gasteiger partial charge in [0.1, 0.15) is 0 Å². The molecule has 0 aliphatic heterocycles. The maximum Gasteiger partial charge on any atom is 0.240 e. The lowest BCUT2D eigenvalue weighted by molar-refractivity contribution is 0.281. The van der Waals surface area contributed by atoms with Crippen LogP contribution in [-0.2, 0) is 23.1 Å². The summed E-state index contributed by atoms with van der Waals surface area (Å²) in [5.41, 5.74) is 1.42. The van der Waals surface area contributed by atoms with Crippen molar-refractivity contribution in [2.45, 2.75) is 51.0 Å². The Morgan fingerprint density at radius 3 is 2.67 bits per heavy atom. The fourth-order valence-electron chi connectivity index (χ4n) is 3.06. The lowest BCUT2D eigenvalue weighted by Gasteiger charge is -2.14. The van der Waals surface area contributed by atoms with Crippen LogP contribution in [0.4, 0.5) is 0 Å². The van der Waals surface area contributed by atoms with E-state index in [1.54, 1.807) is 18.2 Å². The van der Waals surface area contributed by atoms with Gasteiger partial charge in [-0.2, -0.15) is 0 Å². The number of hydrogen-bond donors (Lipinski definition) is 2. The molecule has 2 unspecified atom stereocenters. The lowest BCUT2D eigenvalue weighted by atomic mass is 10.1. The summed E-state index contributed by atoms with van der Waals surface area (Å²) in [4.78, 5) is 0.308. The Bertz CT molecular complexity index is 583. The van der Waals surface area contributed by atoms with Crippen LogP contribution in [0.2, 0.25) is 0 Å². The fourth-order valence-corrected chi connectivity index (χ4v) is 4.53. The molecule has 0 radical (unpaired) electrons. The Labute approximate surface area is 127 Å². The molecule has 0 bridgehead atoms. The minimum Gasteiger partial charge on any atom is -0.392 e. The van der Waals surface area contributed by atoms with Crippen molar-refractivity contribution in [3.8, 4) is 0 Å². The van der Waals surface area contributed by atoms with Crippen LogP contribution in [0, 0.1) is 11.8 Å². The van der Waals surface area contributed by atoms with Crippen molar-refractivity contribution < 1.29 is 13.5 Å². The average Bonchev–Trinajstić information content (AvgIpc) is 2.90. The quantitative estimate of drug-likeness (QED) is 0.848. The summed E-state index contributed by atoms with van der Waals surface area (Å²) in [5.74, 6) is 1.14. The molecule has 5 heteroatoms. The van der Waals surface area contributed by atoms with E-state index < -0.39 is 10.0 Å². The maximum absolute atomic E-state index is 12.5. The molecule has 118 valence electrons. The zero-order chi connectivity index (χ0) is 15.5. The number of aliphatic hydroxyl groups is 1. The van der Waals surface area contributed by atoms with Gasteiger partial charge in [-0.1, -0.05) is 32.4 Å². The SMILES string of the molecule is CCc1ccc(CO)cc1S(=O)(=O)NCC1CCC(C)C1. The van der Waals surface area contributed by atoms with Crippen LogP contribution >= 0.6 is 0 Å². The van der Waals surface area contributed by atoms with Gasteiger partial charge in [-0.05, 0) is 48.3 Å². The Hall–Kier alpha value is -0.910. The second-order valence-corrected chi connectivity index (χ2v) is 7.83. The van der Waals surface area contributed by atoms with E-state index in [0.29, 0.717) is 35.3 Å². The minimum absolute atomic E-state index is 0.146. The molecule has 0 saturated heterocycles. The van der Waals surface area contributed by atoms with Crippen molar-refractivity contribution in [2.24, 2.45) is 11.8 Å². The monoisotopic (exact) mass is 311 g/mol. The highest BCUT2D eigenvalue weighted by Crippen LogP contribution is 2.30. The van der Waals surface area contributed by atoms with Crippen molar-refractivity contribution in [3.05, 3.63) is 29.3 Å². The van der Waals surface area contributed by atoms with Crippen LogP contribution in [0.1, 0.15) is 44.2 Å². The maximum atomic E-state index is 12.5. The van der Waals surface area contributed by atoms with Gasteiger partial charge < -0.3 is 5.11 Å². The van der Waals surface area contributed by atoms with Crippen LogP contribution in [-0.4, -0.2) is 20.1 Å². The summed E-state index contributed by atoms with van der Waals surface area (Å²) >= 11 is 0. The summed E-state index contributed by atoms with van der Waals surface area (Å²) in [6.07, 6.45) is 4.04. The van der Waals surface area contributed by atoms with E-state index in [2.05, 4.69) is 11.6 Å². The van der Waals surface area contributed by atoms with E-state index in [9.17, 15) is 13.5 Å². The number of aliphatic hydroxyl groups excluding tert-OH is 1. The first kappa shape index (κ1) is 16.5. The predicted molar refractivity (Wildman–Crippen MR) is 83.4 cm³/mol. The van der Waals surface area contributed by atoms with Gasteiger partial charge in [-0.25, -0.2) is 13.1 Å². The van der Waals surface area contributed by atoms with E-state index in [1.165, 1.54) is 6.42 Å². The molecular formula is C16H25NO3S. The fraction of sp³-hybridized carbons (Fsp3) is 0.625. The summed E-state index contributed by atoms with van der Waals surface area (Å²) < 4.78 is 27.8. The van der Waals surface area contributed by atoms with Gasteiger partial charge in [-0.15, -0.1) is 0 Å². The molecule has 1 aliphatic carbocycles. The number of rotatable bonds is 6. The number of hydrogen-bond acceptors (Lipinski definition) is 3. The van der Waals surface area contributed by atoms with E-state index in [1.807, 2.05) is 6.92 Å². The molecule has 4 nitrogen and oxygen atoms in total. The van der Waals surface area contributed by atoms with Crippen LogP contribution < -0.4 is 4.72 Å². The third-order valence-corrected chi connectivity index (χ3v) is 5.86. The van der Waals surface area contributed by atoms with Gasteiger partial charge in [0, 0.05) is 6.54 Å². The molecule has 1 aromatic rings. The van der Waals surface area contributed by atoms with Gasteiger partial charge in [-0.3, -0.25) is 0 Å². The largest absolute Gasteiger partial charge is 0.392 e. The summed E-state index contributed by atoms with van der Waals surface area (Å²) in [6, 6.07) is 5.15. The first-order valence-electron chi connectivity index (χ1n) is 7.68. The van der Waals surface area contributed by atoms with Crippen LogP contribution in [0.25, 0.3) is 0 Å². The smallest absolute Gasteiger partial charge is 0.240 e. The first-order chi connectivity index (χ1) is 9.96. The van der Waals surface area contributed by atoms with Crippen LogP contribution in [0.15, 0.2) is 23.1 Å². The van der Waals surface area contributed by atoms with Crippen molar-refractivity contribution in [3.63, 3.8) is 0 Å². The molecule has 21 heavy (non-hydrogen) atoms. The van der Waals surface area contributed by atoms with Gasteiger partial charge >= 0.3 is 0 Å². The van der Waals surface area contributed by atoms with Crippen molar-refractivity contribution in [2.75, 3.05) is 6.54 Å². The molecule has 0 spiro atoms. The molecule has 1 saturated carbocycles. The Morgan fingerprint density at radius 2 is 2.10 bits per heavy atom. The molecule has 2 atom stereocenters. The molecule has 0 amide bonds. The lowest BCUT2D eigenvalue weighted by Crippen LogP contribution is -2.29. The van der Waals surface area contributed by atoms with Gasteiger partial charge in [0.05, 0.1) is 11.5 Å². The normalized spacial score (nSPS) is 22.6. The average molecular weight is 311 g/mol. The molecule has 1 aliphatic rings. The molecule has 0 aromatic heterocycles. The van der Waals surface area contributed by atoms with Gasteiger partial charge in [0.25, 0.3) is 0 Å². The molecule has 2 rings (SSSR count). The Kier molecular flexibility index (Phi) is 5.41. The van der Waals surface area contributed by atoms with Crippen LogP contribution in [0.5, 0.6) is 0 Å². The zero-order valence-corrected chi connectivity index (χ0v) is 13.6. The minimum atomic E-state index is -3.50. The molecule has 2 N–H and O–H groups in total. The standard InChI is InChI=1S/C16H25NO3S/c1-3-15-7-6-14(11-18)9-16(15)21(19,20)17-10-13-5-4-12(2)8-13/h6-7,9,12-13,17-18H,3-5,8,10-11H2,1-2H3. The highest BCUT2D eigenvalue weighted by atomic mass is 32.2. The van der Waals surface area contributed by atoms with Gasteiger partial charge in [0.15, 0.2) is 0 Å². The third kappa shape index (κ3) is 4.05.